The molecule has 18 heavy (non-hydrogen) atoms. The van der Waals surface area contributed by atoms with Crippen molar-refractivity contribution in [2.24, 2.45) is 0 Å². The van der Waals surface area contributed by atoms with Gasteiger partial charge in [0.15, 0.2) is 0 Å². The number of hydrogen-bond acceptors (Lipinski definition) is 3. The Morgan fingerprint density at radius 3 is 2.78 bits per heavy atom. The van der Waals surface area contributed by atoms with Crippen LogP contribution in [-0.2, 0) is 9.53 Å². The SMILES string of the molecule is COC(=O)CCCNC(=O)c1cccc(Br)c1C. The standard InChI is InChI=1S/C13H16BrNO3/c1-9-10(5-3-6-11(9)14)13(17)15-8-4-7-12(16)18-2/h3,5-6H,4,7-8H2,1-2H3,(H,15,17). The molecular formula is C13H16BrNO3. The number of hydrogen-bond donors (Lipinski definition) is 1. The first-order chi connectivity index (χ1) is 8.56. The molecule has 1 aromatic rings. The normalized spacial score (nSPS) is 9.94. The predicted molar refractivity (Wildman–Crippen MR) is 72.5 cm³/mol. The lowest BCUT2D eigenvalue weighted by atomic mass is 10.1. The van der Waals surface area contributed by atoms with Crippen molar-refractivity contribution in [1.82, 2.24) is 5.32 Å². The summed E-state index contributed by atoms with van der Waals surface area (Å²) in [6, 6.07) is 5.49. The van der Waals surface area contributed by atoms with Gasteiger partial charge in [0.05, 0.1) is 7.11 Å². The molecule has 0 aliphatic heterocycles. The average Bonchev–Trinajstić information content (AvgIpc) is 2.37. The number of amides is 1. The Kier molecular flexibility index (Phi) is 5.85. The molecule has 1 aromatic carbocycles. The maximum Gasteiger partial charge on any atom is 0.305 e. The summed E-state index contributed by atoms with van der Waals surface area (Å²) in [5.74, 6) is -0.387. The Balaban J connectivity index is 2.46. The van der Waals surface area contributed by atoms with E-state index in [0.717, 1.165) is 10.0 Å². The number of ether oxygens (including phenoxy) is 1. The smallest absolute Gasteiger partial charge is 0.305 e. The lowest BCUT2D eigenvalue weighted by Crippen LogP contribution is -2.25. The Morgan fingerprint density at radius 1 is 1.39 bits per heavy atom. The van der Waals surface area contributed by atoms with E-state index in [1.54, 1.807) is 6.07 Å². The van der Waals surface area contributed by atoms with Gasteiger partial charge in [0, 0.05) is 23.0 Å². The Hall–Kier alpha value is -1.36. The topological polar surface area (TPSA) is 55.4 Å². The molecule has 0 radical (unpaired) electrons. The van der Waals surface area contributed by atoms with Gasteiger partial charge in [0.1, 0.15) is 0 Å². The zero-order valence-electron chi connectivity index (χ0n) is 10.5. The van der Waals surface area contributed by atoms with Gasteiger partial charge >= 0.3 is 5.97 Å². The second-order valence-corrected chi connectivity index (χ2v) is 4.70. The van der Waals surface area contributed by atoms with E-state index in [1.807, 2.05) is 19.1 Å². The van der Waals surface area contributed by atoms with Crippen molar-refractivity contribution in [3.8, 4) is 0 Å². The number of carbonyl (C=O) groups is 2. The van der Waals surface area contributed by atoms with Crippen LogP contribution in [0.1, 0.15) is 28.8 Å². The molecule has 0 aromatic heterocycles. The van der Waals surface area contributed by atoms with Crippen LogP contribution in [0, 0.1) is 6.92 Å². The Bertz CT molecular complexity index is 446. The van der Waals surface area contributed by atoms with Crippen LogP contribution in [0.5, 0.6) is 0 Å². The lowest BCUT2D eigenvalue weighted by molar-refractivity contribution is -0.140. The molecule has 0 heterocycles. The van der Waals surface area contributed by atoms with Gasteiger partial charge in [0.25, 0.3) is 5.91 Å². The van der Waals surface area contributed by atoms with Gasteiger partial charge in [0.2, 0.25) is 0 Å². The van der Waals surface area contributed by atoms with Crippen molar-refractivity contribution in [1.29, 1.82) is 0 Å². The summed E-state index contributed by atoms with van der Waals surface area (Å²) in [5.41, 5.74) is 1.55. The predicted octanol–water partition coefficient (Wildman–Crippen LogP) is 2.44. The van der Waals surface area contributed by atoms with Gasteiger partial charge in [-0.15, -0.1) is 0 Å². The molecule has 98 valence electrons. The summed E-state index contributed by atoms with van der Waals surface area (Å²) in [4.78, 5) is 22.8. The van der Waals surface area contributed by atoms with Crippen LogP contribution in [0.2, 0.25) is 0 Å². The maximum absolute atomic E-state index is 11.9. The summed E-state index contributed by atoms with van der Waals surface area (Å²) in [6.45, 7) is 2.34. The fraction of sp³-hybridized carbons (Fsp3) is 0.385. The molecule has 0 bridgehead atoms. The van der Waals surface area contributed by atoms with E-state index in [4.69, 9.17) is 0 Å². The van der Waals surface area contributed by atoms with Crippen molar-refractivity contribution >= 4 is 27.8 Å². The molecule has 0 aliphatic rings. The van der Waals surface area contributed by atoms with Crippen LogP contribution in [-0.4, -0.2) is 25.5 Å². The van der Waals surface area contributed by atoms with Crippen LogP contribution in [0.25, 0.3) is 0 Å². The molecule has 0 saturated heterocycles. The summed E-state index contributed by atoms with van der Waals surface area (Å²) in [5, 5.41) is 2.78. The van der Waals surface area contributed by atoms with Crippen LogP contribution < -0.4 is 5.32 Å². The molecule has 0 spiro atoms. The number of esters is 1. The van der Waals surface area contributed by atoms with Crippen molar-refractivity contribution in [3.05, 3.63) is 33.8 Å². The first-order valence-electron chi connectivity index (χ1n) is 5.66. The zero-order chi connectivity index (χ0) is 13.5. The minimum Gasteiger partial charge on any atom is -0.469 e. The van der Waals surface area contributed by atoms with Crippen molar-refractivity contribution in [3.63, 3.8) is 0 Å². The summed E-state index contributed by atoms with van der Waals surface area (Å²) in [7, 11) is 1.35. The van der Waals surface area contributed by atoms with E-state index in [-0.39, 0.29) is 11.9 Å². The number of benzene rings is 1. The van der Waals surface area contributed by atoms with Gasteiger partial charge < -0.3 is 10.1 Å². The minimum atomic E-state index is -0.261. The molecule has 1 N–H and O–H groups in total. The van der Waals surface area contributed by atoms with Gasteiger partial charge in [-0.1, -0.05) is 22.0 Å². The fourth-order valence-electron chi connectivity index (χ4n) is 1.49. The first kappa shape index (κ1) is 14.7. The largest absolute Gasteiger partial charge is 0.469 e. The van der Waals surface area contributed by atoms with Gasteiger partial charge in [-0.05, 0) is 31.0 Å². The van der Waals surface area contributed by atoms with E-state index in [1.165, 1.54) is 7.11 Å². The first-order valence-corrected chi connectivity index (χ1v) is 6.45. The third-order valence-corrected chi connectivity index (χ3v) is 3.44. The van der Waals surface area contributed by atoms with E-state index in [0.29, 0.717) is 24.9 Å². The van der Waals surface area contributed by atoms with Crippen LogP contribution >= 0.6 is 15.9 Å². The second-order valence-electron chi connectivity index (χ2n) is 3.85. The van der Waals surface area contributed by atoms with Gasteiger partial charge in [-0.2, -0.15) is 0 Å². The van der Waals surface area contributed by atoms with Crippen LogP contribution in [0.3, 0.4) is 0 Å². The highest BCUT2D eigenvalue weighted by atomic mass is 79.9. The zero-order valence-corrected chi connectivity index (χ0v) is 12.0. The minimum absolute atomic E-state index is 0.126. The molecule has 5 heteroatoms. The third kappa shape index (κ3) is 4.14. The monoisotopic (exact) mass is 313 g/mol. The van der Waals surface area contributed by atoms with Crippen LogP contribution in [0.15, 0.2) is 22.7 Å². The molecular weight excluding hydrogens is 298 g/mol. The maximum atomic E-state index is 11.9. The Labute approximate surface area is 115 Å². The van der Waals surface area contributed by atoms with E-state index in [9.17, 15) is 9.59 Å². The highest BCUT2D eigenvalue weighted by Gasteiger charge is 2.10. The number of carbonyl (C=O) groups excluding carboxylic acids is 2. The lowest BCUT2D eigenvalue weighted by Gasteiger charge is -2.08. The number of methoxy groups -OCH3 is 1. The third-order valence-electron chi connectivity index (χ3n) is 2.58. The van der Waals surface area contributed by atoms with Crippen molar-refractivity contribution in [2.75, 3.05) is 13.7 Å². The molecule has 0 saturated carbocycles. The van der Waals surface area contributed by atoms with Crippen LogP contribution in [0.4, 0.5) is 0 Å². The molecule has 0 fully saturated rings. The molecule has 1 amide bonds. The molecule has 0 aliphatic carbocycles. The molecule has 0 unspecified atom stereocenters. The summed E-state index contributed by atoms with van der Waals surface area (Å²) >= 11 is 3.38. The highest BCUT2D eigenvalue weighted by Crippen LogP contribution is 2.19. The number of rotatable bonds is 5. The van der Waals surface area contributed by atoms with Gasteiger partial charge in [-0.25, -0.2) is 0 Å². The van der Waals surface area contributed by atoms with E-state index < -0.39 is 0 Å². The number of halogens is 1. The molecule has 1 rings (SSSR count). The Morgan fingerprint density at radius 2 is 2.11 bits per heavy atom. The van der Waals surface area contributed by atoms with E-state index in [2.05, 4.69) is 26.0 Å². The highest BCUT2D eigenvalue weighted by molar-refractivity contribution is 9.10. The molecule has 0 atom stereocenters. The summed E-state index contributed by atoms with van der Waals surface area (Å²) < 4.78 is 5.43. The van der Waals surface area contributed by atoms with E-state index >= 15 is 0 Å². The summed E-state index contributed by atoms with van der Waals surface area (Å²) in [6.07, 6.45) is 0.889. The molecule has 4 nitrogen and oxygen atoms in total. The van der Waals surface area contributed by atoms with Crippen molar-refractivity contribution in [2.45, 2.75) is 19.8 Å². The van der Waals surface area contributed by atoms with Crippen molar-refractivity contribution < 1.29 is 14.3 Å². The number of nitrogens with one attached hydrogen (secondary N) is 1. The second kappa shape index (κ2) is 7.16. The fourth-order valence-corrected chi connectivity index (χ4v) is 1.85. The quantitative estimate of drug-likeness (QED) is 0.671. The van der Waals surface area contributed by atoms with Gasteiger partial charge in [-0.3, -0.25) is 9.59 Å². The average molecular weight is 314 g/mol.